The third-order valence-electron chi connectivity index (χ3n) is 6.52. The molecule has 2 aliphatic rings. The summed E-state index contributed by atoms with van der Waals surface area (Å²) in [5.41, 5.74) is 5.37. The van der Waals surface area contributed by atoms with Crippen LogP contribution in [0.25, 0.3) is 22.3 Å². The number of nitrogens with zero attached hydrogens (tertiary/aromatic N) is 4. The number of pyridine rings is 1. The number of likely N-dealkylation sites (tertiary alicyclic amines) is 1. The first-order valence-corrected chi connectivity index (χ1v) is 11.0. The number of aromatic amines is 1. The molecule has 1 aliphatic heterocycles. The molecule has 0 spiro atoms. The molecule has 156 valence electrons. The number of benzene rings is 1. The van der Waals surface area contributed by atoms with E-state index in [0.29, 0.717) is 23.8 Å². The second-order valence-electron chi connectivity index (χ2n) is 8.40. The zero-order chi connectivity index (χ0) is 20.8. The molecule has 0 bridgehead atoms. The molecule has 1 aliphatic carbocycles. The van der Waals surface area contributed by atoms with Gasteiger partial charge in [0.2, 0.25) is 11.7 Å². The Hall–Kier alpha value is -3.48. The minimum atomic E-state index is -0.192. The average molecular weight is 413 g/mol. The molecular formula is C24H23N5O2. The number of H-pyrrole nitrogens is 1. The monoisotopic (exact) mass is 413 g/mol. The Bertz CT molecular complexity index is 1260. The highest BCUT2D eigenvalue weighted by Crippen LogP contribution is 2.34. The van der Waals surface area contributed by atoms with E-state index in [1.165, 1.54) is 29.5 Å². The van der Waals surface area contributed by atoms with Crippen molar-refractivity contribution < 1.29 is 9.32 Å². The van der Waals surface area contributed by atoms with Crippen molar-refractivity contribution in [3.8, 4) is 11.4 Å². The van der Waals surface area contributed by atoms with Gasteiger partial charge in [0.25, 0.3) is 5.91 Å². The molecule has 1 fully saturated rings. The number of amides is 1. The number of hydrogen-bond donors (Lipinski definition) is 1. The Morgan fingerprint density at radius 3 is 2.87 bits per heavy atom. The summed E-state index contributed by atoms with van der Waals surface area (Å²) in [4.78, 5) is 27.4. The predicted molar refractivity (Wildman–Crippen MR) is 115 cm³/mol. The van der Waals surface area contributed by atoms with Gasteiger partial charge >= 0.3 is 0 Å². The van der Waals surface area contributed by atoms with E-state index < -0.39 is 0 Å². The van der Waals surface area contributed by atoms with Crippen molar-refractivity contribution in [2.45, 2.75) is 44.6 Å². The SMILES string of the molecule is O=C(c1ccc2c3c([nH]c2c1)CCCC3)N1CCC[C@H]1c1nc(-c2ccncc2)no1. The minimum Gasteiger partial charge on any atom is -0.358 e. The number of aromatic nitrogens is 4. The lowest BCUT2D eigenvalue weighted by molar-refractivity contribution is 0.0710. The minimum absolute atomic E-state index is 0.0145. The van der Waals surface area contributed by atoms with Crippen molar-refractivity contribution in [1.29, 1.82) is 0 Å². The van der Waals surface area contributed by atoms with Crippen LogP contribution in [0.4, 0.5) is 0 Å². The number of rotatable bonds is 3. The fourth-order valence-electron chi connectivity index (χ4n) is 4.97. The van der Waals surface area contributed by atoms with Gasteiger partial charge in [-0.15, -0.1) is 0 Å². The van der Waals surface area contributed by atoms with Gasteiger partial charge in [0, 0.05) is 46.7 Å². The van der Waals surface area contributed by atoms with Crippen LogP contribution in [-0.2, 0) is 12.8 Å². The van der Waals surface area contributed by atoms with Gasteiger partial charge in [-0.2, -0.15) is 4.98 Å². The van der Waals surface area contributed by atoms with Gasteiger partial charge in [0.15, 0.2) is 0 Å². The number of carbonyl (C=O) groups is 1. The van der Waals surface area contributed by atoms with Crippen molar-refractivity contribution in [1.82, 2.24) is 25.0 Å². The van der Waals surface area contributed by atoms with Gasteiger partial charge in [-0.1, -0.05) is 11.2 Å². The highest BCUT2D eigenvalue weighted by atomic mass is 16.5. The van der Waals surface area contributed by atoms with Gasteiger partial charge in [-0.05, 0) is 68.4 Å². The summed E-state index contributed by atoms with van der Waals surface area (Å²) in [6.45, 7) is 0.690. The van der Waals surface area contributed by atoms with Crippen LogP contribution in [0.15, 0.2) is 47.2 Å². The third-order valence-corrected chi connectivity index (χ3v) is 6.52. The van der Waals surface area contributed by atoms with Crippen molar-refractivity contribution in [2.24, 2.45) is 0 Å². The number of carbonyl (C=O) groups excluding carboxylic acids is 1. The van der Waals surface area contributed by atoms with E-state index in [0.717, 1.165) is 36.8 Å². The molecule has 4 heterocycles. The molecule has 7 heteroatoms. The molecule has 0 saturated carbocycles. The summed E-state index contributed by atoms with van der Waals surface area (Å²) in [6.07, 6.45) is 9.82. The van der Waals surface area contributed by atoms with Gasteiger partial charge < -0.3 is 14.4 Å². The summed E-state index contributed by atoms with van der Waals surface area (Å²) in [5, 5.41) is 5.37. The van der Waals surface area contributed by atoms with E-state index >= 15 is 0 Å². The Morgan fingerprint density at radius 2 is 1.97 bits per heavy atom. The molecule has 0 unspecified atom stereocenters. The Kier molecular flexibility index (Phi) is 4.33. The molecule has 31 heavy (non-hydrogen) atoms. The van der Waals surface area contributed by atoms with E-state index in [4.69, 9.17) is 4.52 Å². The third kappa shape index (κ3) is 3.12. The quantitative estimate of drug-likeness (QED) is 0.535. The molecule has 6 rings (SSSR count). The highest BCUT2D eigenvalue weighted by Gasteiger charge is 2.35. The average Bonchev–Trinajstić information content (AvgIpc) is 3.56. The summed E-state index contributed by atoms with van der Waals surface area (Å²) in [7, 11) is 0. The maximum Gasteiger partial charge on any atom is 0.254 e. The van der Waals surface area contributed by atoms with Gasteiger partial charge in [-0.3, -0.25) is 9.78 Å². The Labute approximate surface area is 179 Å². The van der Waals surface area contributed by atoms with Crippen LogP contribution in [-0.4, -0.2) is 37.5 Å². The first kappa shape index (κ1) is 18.3. The van der Waals surface area contributed by atoms with Crippen LogP contribution >= 0.6 is 0 Å². The molecule has 7 nitrogen and oxygen atoms in total. The second-order valence-corrected chi connectivity index (χ2v) is 8.40. The summed E-state index contributed by atoms with van der Waals surface area (Å²) >= 11 is 0. The number of fused-ring (bicyclic) bond motifs is 3. The zero-order valence-electron chi connectivity index (χ0n) is 17.2. The molecule has 4 aromatic rings. The summed E-state index contributed by atoms with van der Waals surface area (Å²) < 4.78 is 5.56. The van der Waals surface area contributed by atoms with Gasteiger partial charge in [-0.25, -0.2) is 0 Å². The highest BCUT2D eigenvalue weighted by molar-refractivity contribution is 5.99. The maximum atomic E-state index is 13.4. The molecule has 1 N–H and O–H groups in total. The Balaban J connectivity index is 1.29. The molecule has 0 radical (unpaired) electrons. The van der Waals surface area contributed by atoms with Crippen molar-refractivity contribution >= 4 is 16.8 Å². The van der Waals surface area contributed by atoms with Crippen LogP contribution in [0.5, 0.6) is 0 Å². The van der Waals surface area contributed by atoms with Crippen LogP contribution in [0, 0.1) is 0 Å². The fraction of sp³-hybridized carbons (Fsp3) is 0.333. The van der Waals surface area contributed by atoms with Crippen LogP contribution in [0.3, 0.4) is 0 Å². The number of nitrogens with one attached hydrogen (secondary N) is 1. The standard InChI is InChI=1S/C24H23N5O2/c30-24(16-7-8-18-17-4-1-2-5-19(17)26-20(18)14-16)29-13-3-6-21(29)23-27-22(28-31-23)15-9-11-25-12-10-15/h7-12,14,21,26H,1-6,13H2/t21-/m0/s1. The number of hydrogen-bond acceptors (Lipinski definition) is 5. The molecule has 1 aromatic carbocycles. The largest absolute Gasteiger partial charge is 0.358 e. The maximum absolute atomic E-state index is 13.4. The number of aryl methyl sites for hydroxylation is 2. The fourth-order valence-corrected chi connectivity index (χ4v) is 4.97. The lowest BCUT2D eigenvalue weighted by Crippen LogP contribution is -2.30. The zero-order valence-corrected chi connectivity index (χ0v) is 17.2. The van der Waals surface area contributed by atoms with E-state index in [-0.39, 0.29) is 11.9 Å². The smallest absolute Gasteiger partial charge is 0.254 e. The molecule has 1 atom stereocenters. The Morgan fingerprint density at radius 1 is 1.10 bits per heavy atom. The molecule has 3 aromatic heterocycles. The van der Waals surface area contributed by atoms with Crippen molar-refractivity contribution in [3.05, 3.63) is 65.4 Å². The normalized spacial score (nSPS) is 18.5. The van der Waals surface area contributed by atoms with E-state index in [2.05, 4.69) is 26.2 Å². The summed E-state index contributed by atoms with van der Waals surface area (Å²) in [5.74, 6) is 1.03. The van der Waals surface area contributed by atoms with Gasteiger partial charge in [0.05, 0.1) is 0 Å². The summed E-state index contributed by atoms with van der Waals surface area (Å²) in [6, 6.07) is 9.56. The lowest BCUT2D eigenvalue weighted by Gasteiger charge is -2.22. The second kappa shape index (κ2) is 7.34. The van der Waals surface area contributed by atoms with Gasteiger partial charge in [0.1, 0.15) is 6.04 Å². The van der Waals surface area contributed by atoms with E-state index in [1.54, 1.807) is 12.4 Å². The lowest BCUT2D eigenvalue weighted by atomic mass is 9.95. The van der Waals surface area contributed by atoms with Crippen LogP contribution < -0.4 is 0 Å². The van der Waals surface area contributed by atoms with E-state index in [9.17, 15) is 4.79 Å². The first-order valence-electron chi connectivity index (χ1n) is 11.0. The molecular weight excluding hydrogens is 390 g/mol. The first-order chi connectivity index (χ1) is 15.3. The molecule has 1 amide bonds. The van der Waals surface area contributed by atoms with Crippen molar-refractivity contribution in [3.63, 3.8) is 0 Å². The van der Waals surface area contributed by atoms with Crippen LogP contribution in [0.1, 0.15) is 59.2 Å². The van der Waals surface area contributed by atoms with Crippen molar-refractivity contribution in [2.75, 3.05) is 6.54 Å². The predicted octanol–water partition coefficient (Wildman–Crippen LogP) is 4.47. The molecule has 1 saturated heterocycles. The van der Waals surface area contributed by atoms with E-state index in [1.807, 2.05) is 29.2 Å². The van der Waals surface area contributed by atoms with Crippen LogP contribution in [0.2, 0.25) is 0 Å². The topological polar surface area (TPSA) is 87.9 Å².